The number of hydrogen-bond donors (Lipinski definition) is 1. The van der Waals surface area contributed by atoms with Crippen LogP contribution in [0.5, 0.6) is 0 Å². The van der Waals surface area contributed by atoms with Gasteiger partial charge in [0.05, 0.1) is 5.69 Å². The van der Waals surface area contributed by atoms with Crippen molar-refractivity contribution in [1.29, 1.82) is 0 Å². The topological polar surface area (TPSA) is 83.6 Å². The summed E-state index contributed by atoms with van der Waals surface area (Å²) in [5.41, 5.74) is 2.58. The second kappa shape index (κ2) is 7.58. The van der Waals surface area contributed by atoms with Crippen LogP contribution in [0.25, 0.3) is 0 Å². The second-order valence-electron chi connectivity index (χ2n) is 5.43. The highest BCUT2D eigenvalue weighted by Crippen LogP contribution is 2.15. The quantitative estimate of drug-likeness (QED) is 0.847. The zero-order valence-electron chi connectivity index (χ0n) is 13.3. The van der Waals surface area contributed by atoms with Gasteiger partial charge in [-0.15, -0.1) is 0 Å². The molecule has 122 valence electrons. The summed E-state index contributed by atoms with van der Waals surface area (Å²) in [7, 11) is 0. The summed E-state index contributed by atoms with van der Waals surface area (Å²) >= 11 is 0. The van der Waals surface area contributed by atoms with Crippen molar-refractivity contribution in [2.24, 2.45) is 0 Å². The van der Waals surface area contributed by atoms with Gasteiger partial charge < -0.3 is 14.5 Å². The van der Waals surface area contributed by atoms with E-state index in [1.165, 1.54) is 4.90 Å². The Morgan fingerprint density at radius 1 is 1.22 bits per heavy atom. The van der Waals surface area contributed by atoms with Gasteiger partial charge in [-0.2, -0.15) is 0 Å². The number of aryl methyl sites for hydroxylation is 2. The molecule has 1 aromatic carbocycles. The molecule has 0 unspecified atom stereocenters. The van der Waals surface area contributed by atoms with Gasteiger partial charge in [-0.1, -0.05) is 35.5 Å². The van der Waals surface area contributed by atoms with Crippen LogP contribution in [0.1, 0.15) is 29.0 Å². The number of nitrogens with zero attached hydrogens (tertiary/aromatic N) is 2. The van der Waals surface area contributed by atoms with Gasteiger partial charge in [0.2, 0.25) is 5.91 Å². The van der Waals surface area contributed by atoms with Gasteiger partial charge in [0.25, 0.3) is 0 Å². The van der Waals surface area contributed by atoms with E-state index < -0.39 is 5.97 Å². The molecule has 0 saturated heterocycles. The van der Waals surface area contributed by atoms with Crippen LogP contribution in [0, 0.1) is 13.8 Å². The number of hydrogen-bond acceptors (Lipinski definition) is 4. The van der Waals surface area contributed by atoms with Crippen molar-refractivity contribution in [3.63, 3.8) is 0 Å². The molecule has 0 atom stereocenters. The first kappa shape index (κ1) is 16.7. The highest BCUT2D eigenvalue weighted by Gasteiger charge is 2.19. The molecule has 0 bridgehead atoms. The number of aromatic nitrogens is 1. The monoisotopic (exact) mass is 316 g/mol. The number of carbonyl (C=O) groups is 2. The molecule has 0 aliphatic carbocycles. The van der Waals surface area contributed by atoms with Crippen molar-refractivity contribution in [1.82, 2.24) is 10.1 Å². The van der Waals surface area contributed by atoms with Crippen molar-refractivity contribution in [2.75, 3.05) is 6.54 Å². The van der Waals surface area contributed by atoms with Crippen LogP contribution in [0.3, 0.4) is 0 Å². The Bertz CT molecular complexity index is 660. The highest BCUT2D eigenvalue weighted by atomic mass is 16.5. The van der Waals surface area contributed by atoms with Crippen molar-refractivity contribution >= 4 is 11.9 Å². The number of aliphatic carboxylic acids is 1. The fraction of sp³-hybridized carbons (Fsp3) is 0.353. The summed E-state index contributed by atoms with van der Waals surface area (Å²) in [4.78, 5) is 24.8. The van der Waals surface area contributed by atoms with Gasteiger partial charge in [0.1, 0.15) is 12.3 Å². The Morgan fingerprint density at radius 3 is 2.48 bits per heavy atom. The van der Waals surface area contributed by atoms with E-state index in [-0.39, 0.29) is 25.4 Å². The number of carboxylic acid groups (broad SMARTS) is 1. The molecule has 0 aliphatic heterocycles. The molecule has 1 N–H and O–H groups in total. The lowest BCUT2D eigenvalue weighted by molar-refractivity contribution is -0.144. The lowest BCUT2D eigenvalue weighted by Crippen LogP contribution is -2.35. The predicted molar refractivity (Wildman–Crippen MR) is 83.8 cm³/mol. The molecule has 2 rings (SSSR count). The normalized spacial score (nSPS) is 10.5. The average molecular weight is 316 g/mol. The number of carbonyl (C=O) groups excluding carboxylic acids is 1. The molecule has 1 amide bonds. The highest BCUT2D eigenvalue weighted by molar-refractivity contribution is 5.81. The maximum Gasteiger partial charge on any atom is 0.323 e. The van der Waals surface area contributed by atoms with E-state index in [2.05, 4.69) is 5.16 Å². The van der Waals surface area contributed by atoms with Crippen molar-refractivity contribution < 1.29 is 19.2 Å². The third kappa shape index (κ3) is 4.67. The van der Waals surface area contributed by atoms with Gasteiger partial charge in [-0.05, 0) is 25.8 Å². The predicted octanol–water partition coefficient (Wildman–Crippen LogP) is 2.34. The molecule has 6 heteroatoms. The molecule has 0 saturated carbocycles. The van der Waals surface area contributed by atoms with E-state index in [1.54, 1.807) is 6.92 Å². The molecule has 0 spiro atoms. The Hall–Kier alpha value is -2.63. The lowest BCUT2D eigenvalue weighted by atomic mass is 10.1. The van der Waals surface area contributed by atoms with Crippen LogP contribution in [0.4, 0.5) is 0 Å². The van der Waals surface area contributed by atoms with Crippen LogP contribution in [0.15, 0.2) is 34.9 Å². The number of amides is 1. The second-order valence-corrected chi connectivity index (χ2v) is 5.43. The fourth-order valence-electron chi connectivity index (χ4n) is 2.45. The van der Waals surface area contributed by atoms with Crippen LogP contribution >= 0.6 is 0 Å². The van der Waals surface area contributed by atoms with Crippen molar-refractivity contribution in [3.05, 3.63) is 52.9 Å². The summed E-state index contributed by atoms with van der Waals surface area (Å²) in [5, 5.41) is 12.9. The molecular formula is C17H20N2O4. The Kier molecular flexibility index (Phi) is 5.51. The molecular weight excluding hydrogens is 296 g/mol. The minimum atomic E-state index is -1.02. The number of benzene rings is 1. The van der Waals surface area contributed by atoms with Gasteiger partial charge in [0.15, 0.2) is 0 Å². The van der Waals surface area contributed by atoms with E-state index in [0.29, 0.717) is 12.2 Å². The lowest BCUT2D eigenvalue weighted by Gasteiger charge is -2.21. The third-order valence-electron chi connectivity index (χ3n) is 3.67. The fourth-order valence-corrected chi connectivity index (χ4v) is 2.45. The molecule has 0 aliphatic rings. The van der Waals surface area contributed by atoms with Gasteiger partial charge >= 0.3 is 5.97 Å². The maximum absolute atomic E-state index is 12.4. The maximum atomic E-state index is 12.4. The van der Waals surface area contributed by atoms with E-state index in [9.17, 15) is 9.59 Å². The largest absolute Gasteiger partial charge is 0.480 e. The minimum Gasteiger partial charge on any atom is -0.480 e. The molecule has 0 fully saturated rings. The van der Waals surface area contributed by atoms with Crippen molar-refractivity contribution in [3.8, 4) is 0 Å². The summed E-state index contributed by atoms with van der Waals surface area (Å²) in [5.74, 6) is -0.522. The first-order valence-corrected chi connectivity index (χ1v) is 7.42. The minimum absolute atomic E-state index is 0.198. The van der Waals surface area contributed by atoms with Crippen LogP contribution in [0.2, 0.25) is 0 Å². The van der Waals surface area contributed by atoms with Gasteiger partial charge in [-0.3, -0.25) is 9.59 Å². The Labute approximate surface area is 134 Å². The summed E-state index contributed by atoms with van der Waals surface area (Å²) in [6, 6.07) is 9.35. The molecule has 0 radical (unpaired) electrons. The van der Waals surface area contributed by atoms with E-state index in [1.807, 2.05) is 37.3 Å². The molecule has 2 aromatic rings. The van der Waals surface area contributed by atoms with Gasteiger partial charge in [0, 0.05) is 18.5 Å². The number of rotatable bonds is 7. The SMILES string of the molecule is Cc1noc(C)c1CCC(=O)N(CC(=O)O)Cc1ccccc1. The third-order valence-corrected chi connectivity index (χ3v) is 3.67. The van der Waals surface area contributed by atoms with Crippen LogP contribution in [-0.4, -0.2) is 33.6 Å². The Morgan fingerprint density at radius 2 is 1.91 bits per heavy atom. The van der Waals surface area contributed by atoms with E-state index >= 15 is 0 Å². The summed E-state index contributed by atoms with van der Waals surface area (Å²) < 4.78 is 5.08. The summed E-state index contributed by atoms with van der Waals surface area (Å²) in [6.45, 7) is 3.61. The van der Waals surface area contributed by atoms with Crippen molar-refractivity contribution in [2.45, 2.75) is 33.2 Å². The van der Waals surface area contributed by atoms with Crippen LogP contribution in [-0.2, 0) is 22.6 Å². The van der Waals surface area contributed by atoms with E-state index in [4.69, 9.17) is 9.63 Å². The molecule has 1 heterocycles. The Balaban J connectivity index is 2.03. The van der Waals surface area contributed by atoms with Gasteiger partial charge in [-0.25, -0.2) is 0 Å². The first-order valence-electron chi connectivity index (χ1n) is 7.42. The van der Waals surface area contributed by atoms with E-state index in [0.717, 1.165) is 16.8 Å². The zero-order chi connectivity index (χ0) is 16.8. The molecule has 6 nitrogen and oxygen atoms in total. The smallest absolute Gasteiger partial charge is 0.323 e. The standard InChI is InChI=1S/C17H20N2O4/c1-12-15(13(2)23-18-12)8-9-16(20)19(11-17(21)22)10-14-6-4-3-5-7-14/h3-7H,8-11H2,1-2H3,(H,21,22). The summed E-state index contributed by atoms with van der Waals surface area (Å²) in [6.07, 6.45) is 0.716. The average Bonchev–Trinajstić information content (AvgIpc) is 2.83. The molecule has 23 heavy (non-hydrogen) atoms. The number of carboxylic acids is 1. The first-order chi connectivity index (χ1) is 11.0. The molecule has 1 aromatic heterocycles. The zero-order valence-corrected chi connectivity index (χ0v) is 13.3. The van der Waals surface area contributed by atoms with Crippen LogP contribution < -0.4 is 0 Å².